The van der Waals surface area contributed by atoms with Crippen molar-refractivity contribution in [3.8, 4) is 0 Å². The average molecular weight is 358 g/mol. The molecule has 1 unspecified atom stereocenters. The second-order valence-electron chi connectivity index (χ2n) is 5.64. The molecule has 24 heavy (non-hydrogen) atoms. The zero-order valence-corrected chi connectivity index (χ0v) is 14.5. The molecule has 1 atom stereocenters. The highest BCUT2D eigenvalue weighted by atomic mass is 32.2. The van der Waals surface area contributed by atoms with Crippen molar-refractivity contribution < 1.29 is 17.2 Å². The van der Waals surface area contributed by atoms with Crippen LogP contribution in [0.15, 0.2) is 41.6 Å². The summed E-state index contributed by atoms with van der Waals surface area (Å²) >= 11 is 0. The quantitative estimate of drug-likeness (QED) is 0.821. The van der Waals surface area contributed by atoms with Crippen molar-refractivity contribution in [3.05, 3.63) is 42.2 Å². The first kappa shape index (κ1) is 18.3. The summed E-state index contributed by atoms with van der Waals surface area (Å²) in [5, 5.41) is 7.34. The normalized spacial score (nSPS) is 13.5. The molecule has 0 amide bonds. The molecule has 1 N–H and O–H groups in total. The number of halogens is 2. The van der Waals surface area contributed by atoms with Gasteiger partial charge in [-0.3, -0.25) is 4.68 Å². The van der Waals surface area contributed by atoms with E-state index in [0.29, 0.717) is 12.2 Å². The lowest BCUT2D eigenvalue weighted by molar-refractivity contribution is 0.234. The van der Waals surface area contributed by atoms with Gasteiger partial charge in [-0.1, -0.05) is 0 Å². The van der Waals surface area contributed by atoms with Crippen molar-refractivity contribution in [2.45, 2.75) is 16.7 Å². The summed E-state index contributed by atoms with van der Waals surface area (Å²) in [5.41, 5.74) is 1.69. The highest BCUT2D eigenvalue weighted by molar-refractivity contribution is 7.91. The van der Waals surface area contributed by atoms with Gasteiger partial charge in [-0.05, 0) is 38.4 Å². The number of aryl methyl sites for hydroxylation is 1. The molecule has 0 spiro atoms. The Kier molecular flexibility index (Phi) is 5.55. The lowest BCUT2D eigenvalue weighted by Gasteiger charge is -2.24. The zero-order valence-electron chi connectivity index (χ0n) is 13.6. The summed E-state index contributed by atoms with van der Waals surface area (Å²) in [6.07, 6.45) is 3.70. The van der Waals surface area contributed by atoms with Crippen molar-refractivity contribution in [1.82, 2.24) is 14.7 Å². The fraction of sp³-hybridized carbons (Fsp3) is 0.400. The first-order chi connectivity index (χ1) is 11.2. The number of aromatic nitrogens is 2. The SMILES string of the molecule is CN(C)C(CNc1ccc(S(=O)(=O)C(F)F)cc1)c1cnn(C)c1. The first-order valence-corrected chi connectivity index (χ1v) is 8.77. The second-order valence-corrected chi connectivity index (χ2v) is 7.56. The van der Waals surface area contributed by atoms with Crippen LogP contribution in [0, 0.1) is 0 Å². The standard InChI is InChI=1S/C15H20F2N4O2S/c1-20(2)14(11-8-19-21(3)10-11)9-18-12-4-6-13(7-5-12)24(22,23)15(16)17/h4-8,10,14-15,18H,9H2,1-3H3. The molecule has 0 fully saturated rings. The summed E-state index contributed by atoms with van der Waals surface area (Å²) in [5.74, 6) is -3.42. The van der Waals surface area contributed by atoms with Crippen LogP contribution in [0.3, 0.4) is 0 Å². The van der Waals surface area contributed by atoms with Crippen molar-refractivity contribution in [2.24, 2.45) is 7.05 Å². The van der Waals surface area contributed by atoms with Crippen molar-refractivity contribution in [3.63, 3.8) is 0 Å². The molecular weight excluding hydrogens is 338 g/mol. The number of alkyl halides is 2. The van der Waals surface area contributed by atoms with Gasteiger partial charge in [0.15, 0.2) is 0 Å². The molecule has 0 aliphatic rings. The van der Waals surface area contributed by atoms with Gasteiger partial charge in [0.1, 0.15) is 0 Å². The van der Waals surface area contributed by atoms with E-state index >= 15 is 0 Å². The summed E-state index contributed by atoms with van der Waals surface area (Å²) in [4.78, 5) is 1.64. The molecule has 0 saturated carbocycles. The van der Waals surface area contributed by atoms with Crippen LogP contribution in [0.1, 0.15) is 11.6 Å². The lowest BCUT2D eigenvalue weighted by atomic mass is 10.1. The minimum absolute atomic E-state index is 0.0585. The molecule has 6 nitrogen and oxygen atoms in total. The predicted molar refractivity (Wildman–Crippen MR) is 87.8 cm³/mol. The Labute approximate surface area is 140 Å². The molecule has 132 valence electrons. The van der Waals surface area contributed by atoms with Crippen LogP contribution < -0.4 is 5.32 Å². The van der Waals surface area contributed by atoms with Gasteiger partial charge < -0.3 is 10.2 Å². The van der Waals surface area contributed by atoms with Crippen LogP contribution in [0.4, 0.5) is 14.5 Å². The van der Waals surface area contributed by atoms with E-state index in [1.54, 1.807) is 10.9 Å². The number of likely N-dealkylation sites (N-methyl/N-ethyl adjacent to an activating group) is 1. The van der Waals surface area contributed by atoms with Crippen LogP contribution in [-0.4, -0.2) is 49.5 Å². The second kappa shape index (κ2) is 7.27. The number of benzene rings is 1. The monoisotopic (exact) mass is 358 g/mol. The fourth-order valence-corrected chi connectivity index (χ4v) is 3.01. The first-order valence-electron chi connectivity index (χ1n) is 7.23. The van der Waals surface area contributed by atoms with Crippen LogP contribution in [0.25, 0.3) is 0 Å². The number of rotatable bonds is 7. The number of nitrogens with one attached hydrogen (secondary N) is 1. The molecule has 0 bridgehead atoms. The van der Waals surface area contributed by atoms with E-state index in [4.69, 9.17) is 0 Å². The molecule has 1 aromatic heterocycles. The van der Waals surface area contributed by atoms with E-state index in [0.717, 1.165) is 5.56 Å². The Morgan fingerprint density at radius 1 is 1.25 bits per heavy atom. The molecule has 1 heterocycles. The highest BCUT2D eigenvalue weighted by Gasteiger charge is 2.26. The Balaban J connectivity index is 2.08. The van der Waals surface area contributed by atoms with Crippen LogP contribution in [0.2, 0.25) is 0 Å². The third kappa shape index (κ3) is 4.09. The minimum atomic E-state index is -4.56. The topological polar surface area (TPSA) is 67.2 Å². The van der Waals surface area contributed by atoms with Gasteiger partial charge in [0, 0.05) is 31.0 Å². The van der Waals surface area contributed by atoms with E-state index in [1.165, 1.54) is 24.3 Å². The van der Waals surface area contributed by atoms with Crippen molar-refractivity contribution in [2.75, 3.05) is 26.0 Å². The molecular formula is C15H20F2N4O2S. The number of hydrogen-bond acceptors (Lipinski definition) is 5. The summed E-state index contributed by atoms with van der Waals surface area (Å²) in [7, 11) is 1.16. The largest absolute Gasteiger partial charge is 0.383 e. The Morgan fingerprint density at radius 3 is 2.33 bits per heavy atom. The van der Waals surface area contributed by atoms with Gasteiger partial charge in [-0.2, -0.15) is 13.9 Å². The molecule has 9 heteroatoms. The smallest absolute Gasteiger partial charge is 0.341 e. The van der Waals surface area contributed by atoms with Gasteiger partial charge >= 0.3 is 5.76 Å². The highest BCUT2D eigenvalue weighted by Crippen LogP contribution is 2.22. The van der Waals surface area contributed by atoms with Crippen LogP contribution in [0.5, 0.6) is 0 Å². The number of nitrogens with zero attached hydrogens (tertiary/aromatic N) is 3. The maximum absolute atomic E-state index is 12.5. The van der Waals surface area contributed by atoms with E-state index in [9.17, 15) is 17.2 Å². The molecule has 0 saturated heterocycles. The van der Waals surface area contributed by atoms with Crippen molar-refractivity contribution >= 4 is 15.5 Å². The maximum Gasteiger partial charge on any atom is 0.341 e. The van der Waals surface area contributed by atoms with Gasteiger partial charge in [-0.25, -0.2) is 8.42 Å². The van der Waals surface area contributed by atoms with E-state index in [-0.39, 0.29) is 10.9 Å². The molecule has 0 radical (unpaired) electrons. The molecule has 2 rings (SSSR count). The van der Waals surface area contributed by atoms with Gasteiger partial charge in [0.2, 0.25) is 9.84 Å². The van der Waals surface area contributed by atoms with Crippen LogP contribution >= 0.6 is 0 Å². The Morgan fingerprint density at radius 2 is 1.88 bits per heavy atom. The molecule has 1 aromatic carbocycles. The third-order valence-electron chi connectivity index (χ3n) is 3.65. The molecule has 2 aromatic rings. The Bertz CT molecular complexity index is 773. The zero-order chi connectivity index (χ0) is 17.9. The number of hydrogen-bond donors (Lipinski definition) is 1. The van der Waals surface area contributed by atoms with E-state index in [2.05, 4.69) is 10.4 Å². The van der Waals surface area contributed by atoms with E-state index < -0.39 is 15.6 Å². The average Bonchev–Trinajstić information content (AvgIpc) is 2.93. The fourth-order valence-electron chi connectivity index (χ4n) is 2.29. The molecule has 0 aliphatic heterocycles. The van der Waals surface area contributed by atoms with Gasteiger partial charge in [0.05, 0.1) is 17.1 Å². The van der Waals surface area contributed by atoms with Gasteiger partial charge in [0.25, 0.3) is 0 Å². The third-order valence-corrected chi connectivity index (χ3v) is 5.05. The maximum atomic E-state index is 12.5. The molecule has 0 aliphatic carbocycles. The summed E-state index contributed by atoms with van der Waals surface area (Å²) < 4.78 is 49.5. The Hall–Kier alpha value is -2.00. The summed E-state index contributed by atoms with van der Waals surface area (Å²) in [6.45, 7) is 0.555. The van der Waals surface area contributed by atoms with Crippen LogP contribution in [-0.2, 0) is 16.9 Å². The number of sulfone groups is 1. The minimum Gasteiger partial charge on any atom is -0.383 e. The predicted octanol–water partition coefficient (Wildman–Crippen LogP) is 2.13. The van der Waals surface area contributed by atoms with E-state index in [1.807, 2.05) is 32.2 Å². The summed E-state index contributed by atoms with van der Waals surface area (Å²) in [6, 6.07) is 5.37. The van der Waals surface area contributed by atoms with Crippen molar-refractivity contribution in [1.29, 1.82) is 0 Å². The van der Waals surface area contributed by atoms with Gasteiger partial charge in [-0.15, -0.1) is 0 Å². The number of anilines is 1. The lowest BCUT2D eigenvalue weighted by Crippen LogP contribution is -2.26.